The molecule has 1 atom stereocenters. The number of amides is 2. The van der Waals surface area contributed by atoms with Crippen LogP contribution >= 0.6 is 0 Å². The summed E-state index contributed by atoms with van der Waals surface area (Å²) in [6.07, 6.45) is 1.96. The highest BCUT2D eigenvalue weighted by Gasteiger charge is 2.04. The lowest BCUT2D eigenvalue weighted by molar-refractivity contribution is -0.116. The number of hydrogen-bond acceptors (Lipinski definition) is 4. The zero-order chi connectivity index (χ0) is 15.7. The van der Waals surface area contributed by atoms with E-state index >= 15 is 0 Å². The normalized spacial score (nSPS) is 11.5. The second-order valence-corrected chi connectivity index (χ2v) is 5.92. The lowest BCUT2D eigenvalue weighted by atomic mass is 10.2. The molecular weight excluding hydrogens is 292 g/mol. The van der Waals surface area contributed by atoms with Crippen molar-refractivity contribution in [3.8, 4) is 0 Å². The van der Waals surface area contributed by atoms with Gasteiger partial charge in [0, 0.05) is 41.5 Å². The first-order chi connectivity index (χ1) is 10.0. The lowest BCUT2D eigenvalue weighted by Gasteiger charge is -2.07. The summed E-state index contributed by atoms with van der Waals surface area (Å²) in [5.41, 5.74) is 1.60. The first-order valence-electron chi connectivity index (χ1n) is 6.52. The fourth-order valence-corrected chi connectivity index (χ4v) is 2.36. The van der Waals surface area contributed by atoms with Gasteiger partial charge in [-0.2, -0.15) is 0 Å². The van der Waals surface area contributed by atoms with Gasteiger partial charge in [0.15, 0.2) is 0 Å². The van der Waals surface area contributed by atoms with Crippen LogP contribution in [-0.2, 0) is 26.1 Å². The number of carbonyl (C=O) groups excluding carboxylic acids is 2. The van der Waals surface area contributed by atoms with Crippen LogP contribution < -0.4 is 10.6 Å². The van der Waals surface area contributed by atoms with Crippen LogP contribution in [0, 0.1) is 0 Å². The van der Waals surface area contributed by atoms with Crippen molar-refractivity contribution < 1.29 is 18.5 Å². The van der Waals surface area contributed by atoms with E-state index < -0.39 is 16.9 Å². The molecule has 2 amide bonds. The zero-order valence-electron chi connectivity index (χ0n) is 12.2. The SMILES string of the molecule is COC(=O)NCCCC(=O)Nc1cccc(CS(C)=O)c1. The molecular formula is C14H20N2O4S. The third-order valence-electron chi connectivity index (χ3n) is 2.62. The van der Waals surface area contributed by atoms with Gasteiger partial charge in [-0.25, -0.2) is 4.79 Å². The molecule has 1 aromatic rings. The summed E-state index contributed by atoms with van der Waals surface area (Å²) in [6.45, 7) is 0.384. The van der Waals surface area contributed by atoms with Crippen LogP contribution in [0.1, 0.15) is 18.4 Å². The molecule has 21 heavy (non-hydrogen) atoms. The largest absolute Gasteiger partial charge is 0.453 e. The van der Waals surface area contributed by atoms with E-state index in [2.05, 4.69) is 15.4 Å². The van der Waals surface area contributed by atoms with Gasteiger partial charge in [-0.15, -0.1) is 0 Å². The highest BCUT2D eigenvalue weighted by atomic mass is 32.2. The summed E-state index contributed by atoms with van der Waals surface area (Å²) in [5, 5.41) is 5.28. The number of methoxy groups -OCH3 is 1. The van der Waals surface area contributed by atoms with E-state index in [9.17, 15) is 13.8 Å². The van der Waals surface area contributed by atoms with Crippen LogP contribution in [-0.4, -0.2) is 36.1 Å². The maximum Gasteiger partial charge on any atom is 0.406 e. The van der Waals surface area contributed by atoms with Crippen molar-refractivity contribution >= 4 is 28.5 Å². The topological polar surface area (TPSA) is 84.5 Å². The van der Waals surface area contributed by atoms with E-state index in [0.29, 0.717) is 30.8 Å². The molecule has 0 spiro atoms. The number of alkyl carbamates (subject to hydrolysis) is 1. The van der Waals surface area contributed by atoms with E-state index in [1.54, 1.807) is 12.3 Å². The van der Waals surface area contributed by atoms with Crippen LogP contribution in [0.25, 0.3) is 0 Å². The predicted octanol–water partition coefficient (Wildman–Crippen LogP) is 1.64. The molecule has 1 aromatic carbocycles. The molecule has 0 fully saturated rings. The number of nitrogens with one attached hydrogen (secondary N) is 2. The van der Waals surface area contributed by atoms with Crippen LogP contribution in [0.2, 0.25) is 0 Å². The van der Waals surface area contributed by atoms with E-state index in [1.165, 1.54) is 7.11 Å². The van der Waals surface area contributed by atoms with Crippen molar-refractivity contribution in [2.24, 2.45) is 0 Å². The van der Waals surface area contributed by atoms with Gasteiger partial charge in [-0.05, 0) is 24.1 Å². The van der Waals surface area contributed by atoms with Crippen LogP contribution in [0.4, 0.5) is 10.5 Å². The fraction of sp³-hybridized carbons (Fsp3) is 0.429. The average molecular weight is 312 g/mol. The molecule has 0 saturated heterocycles. The highest BCUT2D eigenvalue weighted by molar-refractivity contribution is 7.83. The van der Waals surface area contributed by atoms with Crippen molar-refractivity contribution in [2.75, 3.05) is 25.2 Å². The quantitative estimate of drug-likeness (QED) is 0.750. The Kier molecular flexibility index (Phi) is 7.45. The zero-order valence-corrected chi connectivity index (χ0v) is 13.0. The van der Waals surface area contributed by atoms with Gasteiger partial charge in [-0.3, -0.25) is 9.00 Å². The first-order valence-corrected chi connectivity index (χ1v) is 8.24. The Hall–Kier alpha value is -1.89. The maximum absolute atomic E-state index is 11.7. The summed E-state index contributed by atoms with van der Waals surface area (Å²) < 4.78 is 15.6. The minimum absolute atomic E-state index is 0.128. The molecule has 6 nitrogen and oxygen atoms in total. The number of rotatable bonds is 7. The Morgan fingerprint density at radius 2 is 2.10 bits per heavy atom. The molecule has 0 heterocycles. The van der Waals surface area contributed by atoms with Crippen LogP contribution in [0.15, 0.2) is 24.3 Å². The summed E-state index contributed by atoms with van der Waals surface area (Å²) in [4.78, 5) is 22.6. The van der Waals surface area contributed by atoms with Crippen molar-refractivity contribution in [3.05, 3.63) is 29.8 Å². The number of hydrogen-bond donors (Lipinski definition) is 2. The molecule has 1 unspecified atom stereocenters. The van der Waals surface area contributed by atoms with E-state index in [4.69, 9.17) is 0 Å². The Labute approximate surface area is 126 Å². The molecule has 0 saturated carbocycles. The average Bonchev–Trinajstić information content (AvgIpc) is 2.43. The van der Waals surface area contributed by atoms with Crippen molar-refractivity contribution in [1.82, 2.24) is 5.32 Å². The summed E-state index contributed by atoms with van der Waals surface area (Å²) in [6, 6.07) is 7.28. The molecule has 116 valence electrons. The first kappa shape index (κ1) is 17.2. The van der Waals surface area contributed by atoms with Crippen molar-refractivity contribution in [1.29, 1.82) is 0 Å². The molecule has 0 aliphatic heterocycles. The monoisotopic (exact) mass is 312 g/mol. The third-order valence-corrected chi connectivity index (χ3v) is 3.36. The molecule has 0 aliphatic carbocycles. The summed E-state index contributed by atoms with van der Waals surface area (Å²) >= 11 is 0. The molecule has 2 N–H and O–H groups in total. The minimum atomic E-state index is -0.914. The van der Waals surface area contributed by atoms with E-state index in [-0.39, 0.29) is 5.91 Å². The van der Waals surface area contributed by atoms with Crippen molar-refractivity contribution in [3.63, 3.8) is 0 Å². The van der Waals surface area contributed by atoms with Gasteiger partial charge in [0.2, 0.25) is 5.91 Å². The molecule has 0 aromatic heterocycles. The van der Waals surface area contributed by atoms with Gasteiger partial charge < -0.3 is 15.4 Å². The maximum atomic E-state index is 11.7. The third kappa shape index (κ3) is 7.45. The smallest absolute Gasteiger partial charge is 0.406 e. The van der Waals surface area contributed by atoms with Crippen LogP contribution in [0.5, 0.6) is 0 Å². The van der Waals surface area contributed by atoms with E-state index in [1.807, 2.05) is 18.2 Å². The van der Waals surface area contributed by atoms with Gasteiger partial charge >= 0.3 is 6.09 Å². The molecule has 0 bridgehead atoms. The fourth-order valence-electron chi connectivity index (χ4n) is 1.71. The number of ether oxygens (including phenoxy) is 1. The Bertz CT molecular complexity index is 519. The molecule has 7 heteroatoms. The summed E-state index contributed by atoms with van der Waals surface area (Å²) in [5.74, 6) is 0.337. The minimum Gasteiger partial charge on any atom is -0.453 e. The van der Waals surface area contributed by atoms with Gasteiger partial charge in [0.25, 0.3) is 0 Å². The van der Waals surface area contributed by atoms with Gasteiger partial charge in [-0.1, -0.05) is 12.1 Å². The Morgan fingerprint density at radius 3 is 2.76 bits per heavy atom. The molecule has 1 rings (SSSR count). The lowest BCUT2D eigenvalue weighted by Crippen LogP contribution is -2.25. The number of benzene rings is 1. The summed E-state index contributed by atoms with van der Waals surface area (Å²) in [7, 11) is 0.376. The Balaban J connectivity index is 2.37. The standard InChI is InChI=1S/C14H20N2O4S/c1-20-14(18)15-8-4-7-13(17)16-12-6-3-5-11(9-12)10-21(2)19/h3,5-6,9H,4,7-8,10H2,1-2H3,(H,15,18)(H,16,17). The van der Waals surface area contributed by atoms with Gasteiger partial charge in [0.05, 0.1) is 7.11 Å². The van der Waals surface area contributed by atoms with Gasteiger partial charge in [0.1, 0.15) is 0 Å². The van der Waals surface area contributed by atoms with Crippen LogP contribution in [0.3, 0.4) is 0 Å². The predicted molar refractivity (Wildman–Crippen MR) is 82.5 cm³/mol. The number of anilines is 1. The van der Waals surface area contributed by atoms with Crippen molar-refractivity contribution in [2.45, 2.75) is 18.6 Å². The molecule has 0 radical (unpaired) electrons. The second kappa shape index (κ2) is 9.12. The highest BCUT2D eigenvalue weighted by Crippen LogP contribution is 2.12. The second-order valence-electron chi connectivity index (χ2n) is 4.49. The molecule has 0 aliphatic rings. The Morgan fingerprint density at radius 1 is 1.33 bits per heavy atom. The number of carbonyl (C=O) groups is 2. The van der Waals surface area contributed by atoms with E-state index in [0.717, 1.165) is 5.56 Å².